The van der Waals surface area contributed by atoms with Crippen molar-refractivity contribution in [1.29, 1.82) is 0 Å². The second-order valence-electron chi connectivity index (χ2n) is 8.79. The molecule has 1 saturated heterocycles. The minimum Gasteiger partial charge on any atom is -0.423 e. The zero-order valence-corrected chi connectivity index (χ0v) is 19.6. The lowest BCUT2D eigenvalue weighted by molar-refractivity contribution is 0.0942. The Morgan fingerprint density at radius 1 is 1.21 bits per heavy atom. The second-order valence-corrected chi connectivity index (χ2v) is 8.79. The molecule has 1 N–H and O–H groups in total. The second kappa shape index (κ2) is 8.51. The Labute approximate surface area is 195 Å². The predicted molar refractivity (Wildman–Crippen MR) is 129 cm³/mol. The molecule has 0 bridgehead atoms. The Morgan fingerprint density at radius 3 is 2.76 bits per heavy atom. The van der Waals surface area contributed by atoms with Crippen LogP contribution in [0.2, 0.25) is 0 Å². The molecule has 3 aromatic heterocycles. The van der Waals surface area contributed by atoms with E-state index in [1.54, 1.807) is 17.7 Å². The summed E-state index contributed by atoms with van der Waals surface area (Å²) in [6, 6.07) is 9.86. The summed E-state index contributed by atoms with van der Waals surface area (Å²) in [4.78, 5) is 45.1. The van der Waals surface area contributed by atoms with Gasteiger partial charge in [-0.2, -0.15) is 4.98 Å². The van der Waals surface area contributed by atoms with Crippen molar-refractivity contribution in [1.82, 2.24) is 24.0 Å². The monoisotopic (exact) mass is 464 g/mol. The molecule has 1 aromatic carbocycles. The summed E-state index contributed by atoms with van der Waals surface area (Å²) in [5, 5.41) is 3.39. The highest BCUT2D eigenvalue weighted by atomic mass is 16.4. The standard InChI is InChI=1S/C24H28N6O4/c1-4-11-30-18(13-16-21(30)27(2)24(33)28(3)22(16)32)20(31)25-14-15-8-7-12-29(15)23-26-17-9-5-6-10-19(17)34-23/h5-6,9-10,13,15H,4,7-8,11-12,14H2,1-3H3,(H,25,31). The largest absolute Gasteiger partial charge is 0.423 e. The van der Waals surface area contributed by atoms with Crippen molar-refractivity contribution in [3.63, 3.8) is 0 Å². The van der Waals surface area contributed by atoms with Crippen LogP contribution in [-0.4, -0.2) is 43.7 Å². The van der Waals surface area contributed by atoms with Gasteiger partial charge in [-0.1, -0.05) is 19.1 Å². The van der Waals surface area contributed by atoms with Gasteiger partial charge in [0.2, 0.25) is 0 Å². The molecule has 34 heavy (non-hydrogen) atoms. The fraction of sp³-hybridized carbons (Fsp3) is 0.417. The highest BCUT2D eigenvalue weighted by molar-refractivity contribution is 5.98. The van der Waals surface area contributed by atoms with Crippen LogP contribution in [0.5, 0.6) is 0 Å². The Kier molecular flexibility index (Phi) is 5.51. The maximum atomic E-state index is 13.3. The van der Waals surface area contributed by atoms with Gasteiger partial charge >= 0.3 is 5.69 Å². The van der Waals surface area contributed by atoms with Gasteiger partial charge in [-0.25, -0.2) is 4.79 Å². The van der Waals surface area contributed by atoms with Crippen LogP contribution < -0.4 is 21.5 Å². The van der Waals surface area contributed by atoms with Gasteiger partial charge in [-0.15, -0.1) is 0 Å². The van der Waals surface area contributed by atoms with E-state index < -0.39 is 11.2 Å². The maximum absolute atomic E-state index is 13.3. The Hall–Kier alpha value is -3.82. The minimum absolute atomic E-state index is 0.0539. The topological polar surface area (TPSA) is 107 Å². The third-order valence-electron chi connectivity index (χ3n) is 6.58. The number of benzene rings is 1. The first-order valence-electron chi connectivity index (χ1n) is 11.6. The number of carbonyl (C=O) groups is 1. The van der Waals surface area contributed by atoms with Gasteiger partial charge in [0.25, 0.3) is 17.5 Å². The number of hydrogen-bond acceptors (Lipinski definition) is 6. The van der Waals surface area contributed by atoms with E-state index in [0.717, 1.165) is 41.5 Å². The molecule has 5 rings (SSSR count). The zero-order chi connectivity index (χ0) is 24.0. The predicted octanol–water partition coefficient (Wildman–Crippen LogP) is 1.99. The van der Waals surface area contributed by atoms with Gasteiger partial charge in [0.05, 0.1) is 11.4 Å². The van der Waals surface area contributed by atoms with Gasteiger partial charge in [-0.3, -0.25) is 18.7 Å². The molecule has 1 aliphatic rings. The molecule has 4 aromatic rings. The first-order chi connectivity index (χ1) is 16.4. The molecule has 1 atom stereocenters. The average molecular weight is 465 g/mol. The van der Waals surface area contributed by atoms with E-state index in [1.165, 1.54) is 11.6 Å². The molecule has 10 heteroatoms. The summed E-state index contributed by atoms with van der Waals surface area (Å²) in [5.74, 6) is -0.274. The van der Waals surface area contributed by atoms with E-state index in [-0.39, 0.29) is 11.9 Å². The molecule has 178 valence electrons. The number of amides is 1. The first-order valence-corrected chi connectivity index (χ1v) is 11.6. The molecule has 10 nitrogen and oxygen atoms in total. The highest BCUT2D eigenvalue weighted by Gasteiger charge is 2.29. The lowest BCUT2D eigenvalue weighted by Gasteiger charge is -2.23. The highest BCUT2D eigenvalue weighted by Crippen LogP contribution is 2.28. The summed E-state index contributed by atoms with van der Waals surface area (Å²) in [7, 11) is 3.07. The van der Waals surface area contributed by atoms with Crippen LogP contribution in [0.15, 0.2) is 44.3 Å². The Balaban J connectivity index is 1.42. The summed E-state index contributed by atoms with van der Waals surface area (Å²) >= 11 is 0. The van der Waals surface area contributed by atoms with Crippen molar-refractivity contribution in [3.05, 3.63) is 56.9 Å². The van der Waals surface area contributed by atoms with E-state index in [2.05, 4.69) is 15.2 Å². The number of anilines is 1. The van der Waals surface area contributed by atoms with E-state index >= 15 is 0 Å². The molecule has 1 fully saturated rings. The lowest BCUT2D eigenvalue weighted by atomic mass is 10.2. The molecule has 4 heterocycles. The molecule has 1 amide bonds. The van der Waals surface area contributed by atoms with E-state index in [4.69, 9.17) is 4.42 Å². The van der Waals surface area contributed by atoms with Gasteiger partial charge in [0.15, 0.2) is 5.58 Å². The molecule has 1 unspecified atom stereocenters. The third kappa shape index (κ3) is 3.49. The molecule has 0 saturated carbocycles. The summed E-state index contributed by atoms with van der Waals surface area (Å²) in [5.41, 5.74) is 1.57. The number of rotatable bonds is 6. The van der Waals surface area contributed by atoms with Crippen molar-refractivity contribution in [2.24, 2.45) is 14.1 Å². The number of aryl methyl sites for hydroxylation is 2. The SMILES string of the molecule is CCCn1c(C(=O)NCC2CCCN2c2nc3ccccc3o2)cc2c(=O)n(C)c(=O)n(C)c21. The summed E-state index contributed by atoms with van der Waals surface area (Å²) < 4.78 is 10.2. The lowest BCUT2D eigenvalue weighted by Crippen LogP contribution is -2.41. The number of para-hydroxylation sites is 2. The van der Waals surface area contributed by atoms with Crippen molar-refractivity contribution in [2.45, 2.75) is 38.8 Å². The zero-order valence-electron chi connectivity index (χ0n) is 19.6. The first kappa shape index (κ1) is 22.0. The number of hydrogen-bond donors (Lipinski definition) is 1. The fourth-order valence-electron chi connectivity index (χ4n) is 4.86. The fourth-order valence-corrected chi connectivity index (χ4v) is 4.86. The molecule has 0 aliphatic carbocycles. The van der Waals surface area contributed by atoms with Crippen LogP contribution in [0, 0.1) is 0 Å². The number of nitrogens with one attached hydrogen (secondary N) is 1. The number of aromatic nitrogens is 4. The summed E-state index contributed by atoms with van der Waals surface area (Å²) in [6.07, 6.45) is 2.64. The molecule has 0 radical (unpaired) electrons. The van der Waals surface area contributed by atoms with Gasteiger partial charge in [0, 0.05) is 33.7 Å². The van der Waals surface area contributed by atoms with Gasteiger partial charge in [0.1, 0.15) is 16.9 Å². The van der Waals surface area contributed by atoms with E-state index in [9.17, 15) is 14.4 Å². The smallest absolute Gasteiger partial charge is 0.332 e. The van der Waals surface area contributed by atoms with Crippen LogP contribution in [0.3, 0.4) is 0 Å². The number of oxazole rings is 1. The Bertz CT molecular complexity index is 1470. The van der Waals surface area contributed by atoms with Crippen LogP contribution in [0.25, 0.3) is 22.1 Å². The third-order valence-corrected chi connectivity index (χ3v) is 6.58. The van der Waals surface area contributed by atoms with Crippen LogP contribution in [0.4, 0.5) is 6.01 Å². The number of carbonyl (C=O) groups excluding carboxylic acids is 1. The van der Waals surface area contributed by atoms with Crippen molar-refractivity contribution in [2.75, 3.05) is 18.0 Å². The van der Waals surface area contributed by atoms with Crippen LogP contribution >= 0.6 is 0 Å². The van der Waals surface area contributed by atoms with Crippen LogP contribution in [-0.2, 0) is 20.6 Å². The van der Waals surface area contributed by atoms with Gasteiger partial charge in [-0.05, 0) is 37.5 Å². The summed E-state index contributed by atoms with van der Waals surface area (Å²) in [6.45, 7) is 3.73. The van der Waals surface area contributed by atoms with Gasteiger partial charge < -0.3 is 19.2 Å². The molecule has 0 spiro atoms. The van der Waals surface area contributed by atoms with Crippen molar-refractivity contribution >= 4 is 34.1 Å². The molecule has 1 aliphatic heterocycles. The van der Waals surface area contributed by atoms with Crippen molar-refractivity contribution < 1.29 is 9.21 Å². The minimum atomic E-state index is -0.417. The average Bonchev–Trinajstić information content (AvgIpc) is 3.56. The van der Waals surface area contributed by atoms with E-state index in [0.29, 0.717) is 35.8 Å². The Morgan fingerprint density at radius 2 is 2.00 bits per heavy atom. The van der Waals surface area contributed by atoms with Crippen LogP contribution in [0.1, 0.15) is 36.7 Å². The number of nitrogens with zero attached hydrogens (tertiary/aromatic N) is 5. The number of fused-ring (bicyclic) bond motifs is 2. The quantitative estimate of drug-likeness (QED) is 0.468. The maximum Gasteiger partial charge on any atom is 0.332 e. The normalized spacial score (nSPS) is 16.1. The molecular weight excluding hydrogens is 436 g/mol. The van der Waals surface area contributed by atoms with E-state index in [1.807, 2.05) is 31.2 Å². The molecular formula is C24H28N6O4. The van der Waals surface area contributed by atoms with Crippen molar-refractivity contribution in [3.8, 4) is 0 Å².